The van der Waals surface area contributed by atoms with Crippen LogP contribution in [0.5, 0.6) is 0 Å². The molecule has 0 bridgehead atoms. The van der Waals surface area contributed by atoms with Gasteiger partial charge in [-0.1, -0.05) is 13.8 Å². The fourth-order valence-corrected chi connectivity index (χ4v) is 1.87. The van der Waals surface area contributed by atoms with Crippen LogP contribution in [0.25, 0.3) is 0 Å². The Hall–Kier alpha value is -1.56. The number of methoxy groups -OCH3 is 1. The summed E-state index contributed by atoms with van der Waals surface area (Å²) in [6, 6.07) is 0. The van der Waals surface area contributed by atoms with E-state index in [9.17, 15) is 0 Å². The van der Waals surface area contributed by atoms with Crippen LogP contribution in [0.2, 0.25) is 0 Å². The molecule has 114 valence electrons. The fraction of sp³-hybridized carbons (Fsp3) is 0.714. The van der Waals surface area contributed by atoms with Crippen LogP contribution in [-0.4, -0.2) is 42.8 Å². The lowest BCUT2D eigenvalue weighted by atomic mass is 10.2. The first-order valence-electron chi connectivity index (χ1n) is 7.10. The maximum Gasteiger partial charge on any atom is 0.191 e. The van der Waals surface area contributed by atoms with E-state index >= 15 is 0 Å². The Morgan fingerprint density at radius 1 is 1.45 bits per heavy atom. The third-order valence-electron chi connectivity index (χ3n) is 2.82. The minimum atomic E-state index is 0.606. The van der Waals surface area contributed by atoms with E-state index in [1.54, 1.807) is 14.2 Å². The summed E-state index contributed by atoms with van der Waals surface area (Å²) < 4.78 is 7.19. The second kappa shape index (κ2) is 9.36. The van der Waals surface area contributed by atoms with Crippen LogP contribution in [0.1, 0.15) is 26.1 Å². The molecule has 0 aliphatic heterocycles. The molecule has 0 radical (unpaired) electrons. The molecular weight excluding hydrogens is 254 g/mol. The van der Waals surface area contributed by atoms with Gasteiger partial charge in [-0.15, -0.1) is 0 Å². The maximum atomic E-state index is 5.02. The van der Waals surface area contributed by atoms with Gasteiger partial charge in [0.2, 0.25) is 0 Å². The van der Waals surface area contributed by atoms with Crippen LogP contribution in [0.15, 0.2) is 17.4 Å². The van der Waals surface area contributed by atoms with Gasteiger partial charge in [0.1, 0.15) is 5.82 Å². The Bertz CT molecular complexity index is 400. The third-order valence-corrected chi connectivity index (χ3v) is 2.82. The van der Waals surface area contributed by atoms with Gasteiger partial charge in [-0.2, -0.15) is 0 Å². The summed E-state index contributed by atoms with van der Waals surface area (Å²) in [6.07, 6.45) is 4.82. The molecule has 0 spiro atoms. The molecule has 0 unspecified atom stereocenters. The van der Waals surface area contributed by atoms with E-state index in [4.69, 9.17) is 4.74 Å². The second-order valence-corrected chi connectivity index (χ2v) is 5.09. The molecule has 0 atom stereocenters. The van der Waals surface area contributed by atoms with Gasteiger partial charge < -0.3 is 19.9 Å². The van der Waals surface area contributed by atoms with Crippen molar-refractivity contribution in [2.45, 2.75) is 33.4 Å². The number of imidazole rings is 1. The highest BCUT2D eigenvalue weighted by atomic mass is 16.5. The lowest BCUT2D eigenvalue weighted by molar-refractivity contribution is 0.195. The van der Waals surface area contributed by atoms with Gasteiger partial charge in [-0.05, 0) is 12.3 Å². The summed E-state index contributed by atoms with van der Waals surface area (Å²) in [4.78, 5) is 8.58. The highest BCUT2D eigenvalue weighted by molar-refractivity contribution is 5.79. The van der Waals surface area contributed by atoms with Gasteiger partial charge in [0.15, 0.2) is 5.96 Å². The molecule has 1 heterocycles. The van der Waals surface area contributed by atoms with Gasteiger partial charge in [0, 0.05) is 46.2 Å². The quantitative estimate of drug-likeness (QED) is 0.427. The molecule has 1 rings (SSSR count). The number of aliphatic imine (C=N–C) groups is 1. The standard InChI is InChI=1S/C14H27N5O/c1-12(2)11-19-8-7-16-13(19)10-18-14(15-3)17-6-5-9-20-4/h7-8,12H,5-6,9-11H2,1-4H3,(H2,15,17,18). The highest BCUT2D eigenvalue weighted by Crippen LogP contribution is 2.03. The van der Waals surface area contributed by atoms with Gasteiger partial charge >= 0.3 is 0 Å². The van der Waals surface area contributed by atoms with E-state index in [1.807, 2.05) is 12.4 Å². The molecule has 0 amide bonds. The van der Waals surface area contributed by atoms with Gasteiger partial charge in [0.25, 0.3) is 0 Å². The van der Waals surface area contributed by atoms with Crippen molar-refractivity contribution in [3.05, 3.63) is 18.2 Å². The zero-order valence-electron chi connectivity index (χ0n) is 13.0. The monoisotopic (exact) mass is 281 g/mol. The first-order valence-corrected chi connectivity index (χ1v) is 7.10. The molecule has 2 N–H and O–H groups in total. The molecule has 1 aromatic heterocycles. The Kier molecular flexibility index (Phi) is 7.72. The van der Waals surface area contributed by atoms with Gasteiger partial charge in [-0.25, -0.2) is 4.98 Å². The minimum absolute atomic E-state index is 0.606. The minimum Gasteiger partial charge on any atom is -0.385 e. The molecule has 6 heteroatoms. The Labute approximate surface area is 121 Å². The number of guanidine groups is 1. The average molecular weight is 281 g/mol. The highest BCUT2D eigenvalue weighted by Gasteiger charge is 2.05. The first-order chi connectivity index (χ1) is 9.67. The van der Waals surface area contributed by atoms with Crippen molar-refractivity contribution in [2.75, 3.05) is 27.3 Å². The number of hydrogen-bond acceptors (Lipinski definition) is 3. The number of hydrogen-bond donors (Lipinski definition) is 2. The van der Waals surface area contributed by atoms with E-state index in [-0.39, 0.29) is 0 Å². The first kappa shape index (κ1) is 16.5. The molecule has 0 aromatic carbocycles. The molecule has 20 heavy (non-hydrogen) atoms. The zero-order chi connectivity index (χ0) is 14.8. The van der Waals surface area contributed by atoms with E-state index in [2.05, 4.69) is 39.0 Å². The normalized spacial score (nSPS) is 11.9. The number of rotatable bonds is 8. The summed E-state index contributed by atoms with van der Waals surface area (Å²) in [5.74, 6) is 2.42. The number of ether oxygens (including phenoxy) is 1. The van der Waals surface area contributed by atoms with Crippen LogP contribution < -0.4 is 10.6 Å². The van der Waals surface area contributed by atoms with Crippen LogP contribution in [-0.2, 0) is 17.8 Å². The molecule has 1 aromatic rings. The van der Waals surface area contributed by atoms with E-state index in [0.717, 1.165) is 37.9 Å². The van der Waals surface area contributed by atoms with E-state index in [1.165, 1.54) is 0 Å². The number of nitrogens with zero attached hydrogens (tertiary/aromatic N) is 3. The van der Waals surface area contributed by atoms with Crippen molar-refractivity contribution in [2.24, 2.45) is 10.9 Å². The van der Waals surface area contributed by atoms with Crippen molar-refractivity contribution < 1.29 is 4.74 Å². The second-order valence-electron chi connectivity index (χ2n) is 5.09. The van der Waals surface area contributed by atoms with Gasteiger partial charge in [0.05, 0.1) is 6.54 Å². The van der Waals surface area contributed by atoms with Crippen molar-refractivity contribution in [3.8, 4) is 0 Å². The summed E-state index contributed by atoms with van der Waals surface area (Å²) in [7, 11) is 3.48. The number of nitrogens with one attached hydrogen (secondary N) is 2. The van der Waals surface area contributed by atoms with Crippen molar-refractivity contribution in [1.29, 1.82) is 0 Å². The van der Waals surface area contributed by atoms with Crippen molar-refractivity contribution >= 4 is 5.96 Å². The lowest BCUT2D eigenvalue weighted by Gasteiger charge is -2.13. The topological polar surface area (TPSA) is 63.5 Å². The lowest BCUT2D eigenvalue weighted by Crippen LogP contribution is -2.38. The largest absolute Gasteiger partial charge is 0.385 e. The SMILES string of the molecule is CN=C(NCCCOC)NCc1nccn1CC(C)C. The summed E-state index contributed by atoms with van der Waals surface area (Å²) in [5.41, 5.74) is 0. The molecule has 6 nitrogen and oxygen atoms in total. The zero-order valence-corrected chi connectivity index (χ0v) is 13.0. The van der Waals surface area contributed by atoms with E-state index < -0.39 is 0 Å². The fourth-order valence-electron chi connectivity index (χ4n) is 1.87. The Morgan fingerprint density at radius 3 is 2.90 bits per heavy atom. The van der Waals surface area contributed by atoms with Crippen LogP contribution >= 0.6 is 0 Å². The summed E-state index contributed by atoms with van der Waals surface area (Å²) in [5, 5.41) is 6.53. The van der Waals surface area contributed by atoms with Crippen molar-refractivity contribution in [3.63, 3.8) is 0 Å². The molecule has 0 saturated heterocycles. The van der Waals surface area contributed by atoms with Crippen LogP contribution in [0.3, 0.4) is 0 Å². The van der Waals surface area contributed by atoms with Crippen molar-refractivity contribution in [1.82, 2.24) is 20.2 Å². The molecule has 0 aliphatic carbocycles. The summed E-state index contributed by atoms with van der Waals surface area (Å²) in [6.45, 7) is 7.65. The van der Waals surface area contributed by atoms with Gasteiger partial charge in [-0.3, -0.25) is 4.99 Å². The Morgan fingerprint density at radius 2 is 2.25 bits per heavy atom. The smallest absolute Gasteiger partial charge is 0.191 e. The average Bonchev–Trinajstić information content (AvgIpc) is 2.84. The third kappa shape index (κ3) is 6.06. The van der Waals surface area contributed by atoms with Crippen LogP contribution in [0.4, 0.5) is 0 Å². The summed E-state index contributed by atoms with van der Waals surface area (Å²) >= 11 is 0. The molecule has 0 aliphatic rings. The Balaban J connectivity index is 2.39. The predicted molar refractivity (Wildman–Crippen MR) is 81.8 cm³/mol. The molecular formula is C14H27N5O. The van der Waals surface area contributed by atoms with E-state index in [0.29, 0.717) is 12.5 Å². The maximum absolute atomic E-state index is 5.02. The predicted octanol–water partition coefficient (Wildman–Crippen LogP) is 1.24. The van der Waals surface area contributed by atoms with Crippen LogP contribution in [0, 0.1) is 5.92 Å². The number of aromatic nitrogens is 2. The molecule has 0 fully saturated rings. The molecule has 0 saturated carbocycles.